The van der Waals surface area contributed by atoms with E-state index >= 15 is 0 Å². The molecule has 1 atom stereocenters. The van der Waals surface area contributed by atoms with Crippen molar-refractivity contribution in [3.05, 3.63) is 11.1 Å². The van der Waals surface area contributed by atoms with Crippen LogP contribution in [0.1, 0.15) is 56.6 Å². The quantitative estimate of drug-likeness (QED) is 0.771. The Hall–Kier alpha value is -2.79. The van der Waals surface area contributed by atoms with Crippen LogP contribution in [-0.2, 0) is 11.2 Å². The number of nitrogens with zero attached hydrogens (tertiary/aromatic N) is 2. The maximum atomic E-state index is 10.3. The number of hydrogen-bond donors (Lipinski definition) is 2. The van der Waals surface area contributed by atoms with E-state index in [2.05, 4.69) is 38.5 Å². The summed E-state index contributed by atoms with van der Waals surface area (Å²) in [5, 5.41) is 20.0. The zero-order valence-electron chi connectivity index (χ0n) is 18.1. The summed E-state index contributed by atoms with van der Waals surface area (Å²) in [6.07, 6.45) is 7.72. The highest BCUT2D eigenvalue weighted by Gasteiger charge is 2.47. The van der Waals surface area contributed by atoms with Crippen molar-refractivity contribution in [2.45, 2.75) is 63.6 Å². The van der Waals surface area contributed by atoms with Crippen LogP contribution in [0, 0.1) is 11.3 Å². The van der Waals surface area contributed by atoms with Crippen LogP contribution in [0.15, 0.2) is 0 Å². The first kappa shape index (κ1) is 18.9. The molecule has 0 bridgehead atoms. The molecule has 4 N–H and O–H groups in total. The van der Waals surface area contributed by atoms with Crippen LogP contribution in [0.2, 0.25) is 0 Å². The molecule has 2 aromatic rings. The molecular formula is C23H30N6O2+2. The summed E-state index contributed by atoms with van der Waals surface area (Å²) in [7, 11) is 0. The number of hydrogen-bond acceptors (Lipinski definition) is 6. The average molecular weight is 423 g/mol. The summed E-state index contributed by atoms with van der Waals surface area (Å²) >= 11 is 0. The lowest BCUT2D eigenvalue weighted by Crippen LogP contribution is -2.53. The summed E-state index contributed by atoms with van der Waals surface area (Å²) in [6, 6.07) is 2.53. The third-order valence-corrected chi connectivity index (χ3v) is 7.34. The zero-order valence-corrected chi connectivity index (χ0v) is 18.1. The molecular weight excluding hydrogens is 392 g/mol. The SMILES string of the molecule is CC[C@@H]1Cc2c([nH+]c3c4c([nH+]c(N5CCOCC5)c(C#N)c24)NC2(CCCCC2)N3)O1. The van der Waals surface area contributed by atoms with Gasteiger partial charge in [0.1, 0.15) is 23.1 Å². The van der Waals surface area contributed by atoms with Crippen LogP contribution >= 0.6 is 0 Å². The van der Waals surface area contributed by atoms with Gasteiger partial charge in [0.2, 0.25) is 17.3 Å². The molecule has 0 radical (unpaired) electrons. The van der Waals surface area contributed by atoms with E-state index in [-0.39, 0.29) is 11.8 Å². The Kier molecular flexibility index (Phi) is 4.35. The van der Waals surface area contributed by atoms with Gasteiger partial charge in [0.25, 0.3) is 11.7 Å². The minimum atomic E-state index is -0.168. The monoisotopic (exact) mass is 422 g/mol. The van der Waals surface area contributed by atoms with Gasteiger partial charge in [-0.1, -0.05) is 13.3 Å². The van der Waals surface area contributed by atoms with Crippen molar-refractivity contribution in [2.75, 3.05) is 41.8 Å². The lowest BCUT2D eigenvalue weighted by molar-refractivity contribution is -0.379. The van der Waals surface area contributed by atoms with Crippen molar-refractivity contribution in [1.82, 2.24) is 0 Å². The summed E-state index contributed by atoms with van der Waals surface area (Å²) in [5.74, 6) is 3.68. The van der Waals surface area contributed by atoms with Crippen molar-refractivity contribution in [1.29, 1.82) is 5.26 Å². The topological polar surface area (TPSA) is 97.8 Å². The number of ether oxygens (including phenoxy) is 2. The summed E-state index contributed by atoms with van der Waals surface area (Å²) in [5.41, 5.74) is 1.66. The van der Waals surface area contributed by atoms with Gasteiger partial charge in [-0.2, -0.15) is 5.26 Å². The highest BCUT2D eigenvalue weighted by molar-refractivity contribution is 6.06. The first-order chi connectivity index (χ1) is 15.2. The molecule has 8 heteroatoms. The third kappa shape index (κ3) is 2.90. The predicted octanol–water partition coefficient (Wildman–Crippen LogP) is 2.39. The van der Waals surface area contributed by atoms with Crippen molar-refractivity contribution >= 4 is 28.2 Å². The van der Waals surface area contributed by atoms with Gasteiger partial charge in [0, 0.05) is 24.6 Å². The first-order valence-corrected chi connectivity index (χ1v) is 11.7. The molecule has 1 aliphatic carbocycles. The van der Waals surface area contributed by atoms with E-state index < -0.39 is 0 Å². The summed E-state index contributed by atoms with van der Waals surface area (Å²) < 4.78 is 11.8. The number of fused-ring (bicyclic) bond motifs is 2. The van der Waals surface area contributed by atoms with E-state index in [1.54, 1.807) is 0 Å². The van der Waals surface area contributed by atoms with Gasteiger partial charge in [0.15, 0.2) is 0 Å². The van der Waals surface area contributed by atoms with Crippen LogP contribution in [0.4, 0.5) is 17.5 Å². The van der Waals surface area contributed by atoms with Gasteiger partial charge >= 0.3 is 0 Å². The first-order valence-electron chi connectivity index (χ1n) is 11.7. The normalized spacial score (nSPS) is 23.6. The van der Waals surface area contributed by atoms with Gasteiger partial charge in [0.05, 0.1) is 31.9 Å². The van der Waals surface area contributed by atoms with E-state index in [0.29, 0.717) is 18.8 Å². The van der Waals surface area contributed by atoms with Crippen LogP contribution < -0.4 is 30.2 Å². The Balaban J connectivity index is 1.60. The fourth-order valence-electron chi connectivity index (χ4n) is 5.72. The van der Waals surface area contributed by atoms with Crippen molar-refractivity contribution in [2.24, 2.45) is 0 Å². The van der Waals surface area contributed by atoms with E-state index in [0.717, 1.165) is 78.4 Å². The smallest absolute Gasteiger partial charge is 0.293 e. The standard InChI is InChI=1S/C23H28N6O2/c1-2-14-12-15-17-16(13-24)21(29-8-10-30-11-9-29)25-19-18(17)20(26-22(15)31-14)28-23(27-19)6-4-3-5-7-23/h14H,2-12H2,1H3,(H,25,27)(H,26,28)/p+2/t14-/m1/s1. The number of aromatic nitrogens is 2. The largest absolute Gasteiger partial charge is 0.458 e. The maximum absolute atomic E-state index is 10.3. The number of nitriles is 1. The molecule has 6 rings (SSSR count). The Morgan fingerprint density at radius 3 is 2.55 bits per heavy atom. The number of morpholine rings is 1. The van der Waals surface area contributed by atoms with E-state index in [4.69, 9.17) is 9.47 Å². The third-order valence-electron chi connectivity index (χ3n) is 7.34. The van der Waals surface area contributed by atoms with Crippen LogP contribution in [0.5, 0.6) is 5.88 Å². The second kappa shape index (κ2) is 7.13. The number of nitrogens with one attached hydrogen (secondary N) is 4. The van der Waals surface area contributed by atoms with Gasteiger partial charge in [-0.25, -0.2) is 15.3 Å². The number of H-pyrrole nitrogens is 2. The molecule has 2 aromatic heterocycles. The molecule has 1 saturated heterocycles. The highest BCUT2D eigenvalue weighted by Crippen LogP contribution is 2.45. The molecule has 31 heavy (non-hydrogen) atoms. The van der Waals surface area contributed by atoms with Crippen LogP contribution in [0.25, 0.3) is 10.8 Å². The second-order valence-corrected chi connectivity index (χ2v) is 9.24. The maximum Gasteiger partial charge on any atom is 0.293 e. The van der Waals surface area contributed by atoms with Crippen LogP contribution in [-0.4, -0.2) is 38.1 Å². The van der Waals surface area contributed by atoms with Gasteiger partial charge < -0.3 is 9.47 Å². The van der Waals surface area contributed by atoms with Crippen molar-refractivity contribution < 1.29 is 19.4 Å². The van der Waals surface area contributed by atoms with Crippen molar-refractivity contribution in [3.63, 3.8) is 0 Å². The van der Waals surface area contributed by atoms with E-state index in [1.807, 2.05) is 0 Å². The Morgan fingerprint density at radius 2 is 1.84 bits per heavy atom. The number of anilines is 3. The molecule has 4 aliphatic rings. The summed E-state index contributed by atoms with van der Waals surface area (Å²) in [6.45, 7) is 5.07. The Labute approximate surface area is 181 Å². The minimum absolute atomic E-state index is 0.146. The van der Waals surface area contributed by atoms with E-state index in [9.17, 15) is 5.26 Å². The number of rotatable bonds is 2. The molecule has 0 aromatic carbocycles. The summed E-state index contributed by atoms with van der Waals surface area (Å²) in [4.78, 5) is 9.46. The molecule has 0 amide bonds. The average Bonchev–Trinajstić information content (AvgIpc) is 3.22. The fraction of sp³-hybridized carbons (Fsp3) is 0.609. The lowest BCUT2D eigenvalue weighted by atomic mass is 9.86. The second-order valence-electron chi connectivity index (χ2n) is 9.24. The molecule has 0 unspecified atom stereocenters. The van der Waals surface area contributed by atoms with E-state index in [1.165, 1.54) is 19.3 Å². The fourth-order valence-corrected chi connectivity index (χ4v) is 5.72. The molecule has 1 spiro atoms. The Morgan fingerprint density at radius 1 is 1.10 bits per heavy atom. The molecule has 8 nitrogen and oxygen atoms in total. The Bertz CT molecular complexity index is 1080. The molecule has 3 aliphatic heterocycles. The van der Waals surface area contributed by atoms with Crippen LogP contribution in [0.3, 0.4) is 0 Å². The molecule has 162 valence electrons. The van der Waals surface area contributed by atoms with Gasteiger partial charge in [-0.15, -0.1) is 0 Å². The molecule has 5 heterocycles. The minimum Gasteiger partial charge on any atom is -0.458 e. The van der Waals surface area contributed by atoms with Gasteiger partial charge in [-0.05, 0) is 19.3 Å². The van der Waals surface area contributed by atoms with Crippen molar-refractivity contribution in [3.8, 4) is 11.9 Å². The zero-order chi connectivity index (χ0) is 21.0. The number of pyridine rings is 2. The highest BCUT2D eigenvalue weighted by atomic mass is 16.5. The molecule has 2 fully saturated rings. The lowest BCUT2D eigenvalue weighted by Gasteiger charge is -2.36. The molecule has 1 saturated carbocycles. The predicted molar refractivity (Wildman–Crippen MR) is 116 cm³/mol. The number of aromatic amines is 2. The van der Waals surface area contributed by atoms with Gasteiger partial charge in [-0.3, -0.25) is 10.2 Å².